The van der Waals surface area contributed by atoms with Crippen LogP contribution in [0.4, 0.5) is 0 Å². The normalized spacial score (nSPS) is 17.5. The van der Waals surface area contributed by atoms with Gasteiger partial charge in [-0.2, -0.15) is 5.10 Å². The Morgan fingerprint density at radius 2 is 1.83 bits per heavy atom. The van der Waals surface area contributed by atoms with Crippen LogP contribution in [0.3, 0.4) is 0 Å². The molecule has 35 heavy (non-hydrogen) atoms. The molecular formula is C28H28N2O5. The Bertz CT molecular complexity index is 1360. The van der Waals surface area contributed by atoms with Gasteiger partial charge in [-0.1, -0.05) is 36.4 Å². The highest BCUT2D eigenvalue weighted by Crippen LogP contribution is 2.40. The van der Waals surface area contributed by atoms with Gasteiger partial charge >= 0.3 is 11.9 Å². The summed E-state index contributed by atoms with van der Waals surface area (Å²) in [6, 6.07) is 15.0. The highest BCUT2D eigenvalue weighted by atomic mass is 16.5. The van der Waals surface area contributed by atoms with E-state index in [1.165, 1.54) is 0 Å². The smallest absolute Gasteiger partial charge is 0.331 e. The van der Waals surface area contributed by atoms with Crippen molar-refractivity contribution in [2.75, 3.05) is 0 Å². The molecule has 1 atom stereocenters. The van der Waals surface area contributed by atoms with Crippen LogP contribution in [-0.4, -0.2) is 31.9 Å². The Kier molecular flexibility index (Phi) is 6.35. The van der Waals surface area contributed by atoms with E-state index in [2.05, 4.69) is 5.10 Å². The number of allylic oxidation sites excluding steroid dienone is 2. The molecule has 3 aromatic rings. The van der Waals surface area contributed by atoms with E-state index in [0.717, 1.165) is 22.5 Å². The lowest BCUT2D eigenvalue weighted by molar-refractivity contribution is -0.142. The Morgan fingerprint density at radius 3 is 2.46 bits per heavy atom. The second-order valence-electron chi connectivity index (χ2n) is 8.97. The summed E-state index contributed by atoms with van der Waals surface area (Å²) in [5, 5.41) is 24.4. The largest absolute Gasteiger partial charge is 0.489 e. The highest BCUT2D eigenvalue weighted by Gasteiger charge is 2.43. The maximum absolute atomic E-state index is 12.5. The van der Waals surface area contributed by atoms with E-state index in [-0.39, 0.29) is 18.6 Å². The monoisotopic (exact) mass is 472 g/mol. The molecule has 0 fully saturated rings. The van der Waals surface area contributed by atoms with Crippen LogP contribution in [0.2, 0.25) is 0 Å². The van der Waals surface area contributed by atoms with Gasteiger partial charge < -0.3 is 14.9 Å². The maximum atomic E-state index is 12.5. The minimum absolute atomic E-state index is 0.0989. The van der Waals surface area contributed by atoms with Gasteiger partial charge in [-0.05, 0) is 67.3 Å². The summed E-state index contributed by atoms with van der Waals surface area (Å²) in [7, 11) is 1.91. The zero-order valence-electron chi connectivity index (χ0n) is 20.2. The van der Waals surface area contributed by atoms with Crippen molar-refractivity contribution in [1.82, 2.24) is 9.78 Å². The van der Waals surface area contributed by atoms with E-state index in [0.29, 0.717) is 22.4 Å². The third kappa shape index (κ3) is 4.49. The highest BCUT2D eigenvalue weighted by molar-refractivity contribution is 5.94. The van der Waals surface area contributed by atoms with Crippen LogP contribution >= 0.6 is 0 Å². The number of nitrogens with zero attached hydrogens (tertiary/aromatic N) is 2. The lowest BCUT2D eigenvalue weighted by Crippen LogP contribution is -2.38. The molecule has 0 spiro atoms. The number of benzene rings is 2. The van der Waals surface area contributed by atoms with Crippen molar-refractivity contribution in [3.05, 3.63) is 94.2 Å². The standard InChI is InChI=1S/C28H28N2O5/c1-17-11-12-28(27(33)34,15-22(17)26(31)32)23-8-6-5-7-21(23)16-35-25-10-9-20(13-18(25)2)24-14-19(3)30(4)29-24/h5-14H,15-16H2,1-4H3,(H,31,32)(H,33,34). The zero-order valence-corrected chi connectivity index (χ0v) is 20.2. The van der Waals surface area contributed by atoms with Crippen molar-refractivity contribution in [1.29, 1.82) is 0 Å². The molecular weight excluding hydrogens is 444 g/mol. The molecule has 1 aliphatic rings. The Hall–Kier alpha value is -4.13. The molecule has 0 aliphatic heterocycles. The van der Waals surface area contributed by atoms with Crippen LogP contribution in [-0.2, 0) is 28.7 Å². The lowest BCUT2D eigenvalue weighted by atomic mass is 9.70. The van der Waals surface area contributed by atoms with Crippen LogP contribution in [0.5, 0.6) is 5.75 Å². The predicted molar refractivity (Wildman–Crippen MR) is 132 cm³/mol. The number of carboxylic acid groups (broad SMARTS) is 2. The molecule has 0 amide bonds. The molecule has 1 heterocycles. The number of carboxylic acids is 2. The van der Waals surface area contributed by atoms with Crippen LogP contribution in [0.25, 0.3) is 11.3 Å². The average Bonchev–Trinajstić information content (AvgIpc) is 3.16. The number of aryl methyl sites for hydroxylation is 3. The number of hydrogen-bond acceptors (Lipinski definition) is 4. The van der Waals surface area contributed by atoms with Crippen LogP contribution in [0.1, 0.15) is 35.7 Å². The molecule has 4 rings (SSSR count). The van der Waals surface area contributed by atoms with E-state index < -0.39 is 17.4 Å². The summed E-state index contributed by atoms with van der Waals surface area (Å²) in [4.78, 5) is 24.3. The summed E-state index contributed by atoms with van der Waals surface area (Å²) in [6.45, 7) is 5.78. The zero-order chi connectivity index (χ0) is 25.3. The maximum Gasteiger partial charge on any atom is 0.331 e. The van der Waals surface area contributed by atoms with Crippen LogP contribution < -0.4 is 4.74 Å². The van der Waals surface area contributed by atoms with Gasteiger partial charge in [0.1, 0.15) is 17.8 Å². The molecule has 180 valence electrons. The first-order chi connectivity index (χ1) is 16.6. The van der Waals surface area contributed by atoms with Gasteiger partial charge in [-0.15, -0.1) is 0 Å². The summed E-state index contributed by atoms with van der Waals surface area (Å²) in [5.74, 6) is -1.52. The first kappa shape index (κ1) is 24.0. The first-order valence-electron chi connectivity index (χ1n) is 11.3. The number of carbonyl (C=O) groups is 2. The van der Waals surface area contributed by atoms with Crippen LogP contribution in [0, 0.1) is 13.8 Å². The number of ether oxygens (including phenoxy) is 1. The summed E-state index contributed by atoms with van der Waals surface area (Å²) < 4.78 is 7.95. The first-order valence-corrected chi connectivity index (χ1v) is 11.3. The summed E-state index contributed by atoms with van der Waals surface area (Å²) >= 11 is 0. The number of aliphatic carboxylic acids is 2. The molecule has 1 aliphatic carbocycles. The van der Waals surface area contributed by atoms with E-state index >= 15 is 0 Å². The number of hydrogen-bond donors (Lipinski definition) is 2. The molecule has 1 unspecified atom stereocenters. The fourth-order valence-corrected chi connectivity index (χ4v) is 4.45. The molecule has 7 nitrogen and oxygen atoms in total. The van der Waals surface area contributed by atoms with E-state index in [1.54, 1.807) is 31.2 Å². The van der Waals surface area contributed by atoms with Crippen molar-refractivity contribution in [3.63, 3.8) is 0 Å². The van der Waals surface area contributed by atoms with E-state index in [1.807, 2.05) is 62.0 Å². The van der Waals surface area contributed by atoms with Crippen molar-refractivity contribution in [2.24, 2.45) is 7.05 Å². The Balaban J connectivity index is 1.62. The van der Waals surface area contributed by atoms with E-state index in [9.17, 15) is 19.8 Å². The Labute approximate surface area is 204 Å². The number of aromatic nitrogens is 2. The molecule has 0 radical (unpaired) electrons. The number of rotatable bonds is 7. The quantitative estimate of drug-likeness (QED) is 0.504. The Morgan fingerprint density at radius 1 is 1.09 bits per heavy atom. The molecule has 7 heteroatoms. The van der Waals surface area contributed by atoms with Gasteiger partial charge in [0.25, 0.3) is 0 Å². The molecule has 0 saturated heterocycles. The molecule has 2 N–H and O–H groups in total. The SMILES string of the molecule is CC1=C(C(=O)O)CC(C(=O)O)(c2ccccc2COc2ccc(-c3cc(C)n(C)n3)cc2C)C=C1. The third-order valence-electron chi connectivity index (χ3n) is 6.65. The second-order valence-corrected chi connectivity index (χ2v) is 8.97. The van der Waals surface area contributed by atoms with Gasteiger partial charge in [0.05, 0.1) is 5.69 Å². The molecule has 0 saturated carbocycles. The molecule has 0 bridgehead atoms. The molecule has 2 aromatic carbocycles. The fraction of sp³-hybridized carbons (Fsp3) is 0.250. The van der Waals surface area contributed by atoms with Crippen molar-refractivity contribution < 1.29 is 24.5 Å². The summed E-state index contributed by atoms with van der Waals surface area (Å²) in [6.07, 6.45) is 3.04. The van der Waals surface area contributed by atoms with E-state index in [4.69, 9.17) is 4.74 Å². The lowest BCUT2D eigenvalue weighted by Gasteiger charge is -2.32. The van der Waals surface area contributed by atoms with Crippen molar-refractivity contribution in [3.8, 4) is 17.0 Å². The fourth-order valence-electron chi connectivity index (χ4n) is 4.45. The second kappa shape index (κ2) is 9.25. The van der Waals surface area contributed by atoms with Crippen LogP contribution in [0.15, 0.2) is 71.8 Å². The van der Waals surface area contributed by atoms with Crippen molar-refractivity contribution in [2.45, 2.75) is 39.2 Å². The van der Waals surface area contributed by atoms with Gasteiger partial charge in [0, 0.05) is 30.3 Å². The van der Waals surface area contributed by atoms with Gasteiger partial charge in [-0.25, -0.2) is 4.79 Å². The third-order valence-corrected chi connectivity index (χ3v) is 6.65. The predicted octanol–water partition coefficient (Wildman–Crippen LogP) is 4.97. The van der Waals surface area contributed by atoms with Gasteiger partial charge in [0.2, 0.25) is 0 Å². The summed E-state index contributed by atoms with van der Waals surface area (Å²) in [5.41, 5.74) is 4.25. The van der Waals surface area contributed by atoms with Gasteiger partial charge in [-0.3, -0.25) is 9.48 Å². The topological polar surface area (TPSA) is 102 Å². The van der Waals surface area contributed by atoms with Crippen molar-refractivity contribution >= 4 is 11.9 Å². The minimum atomic E-state index is -1.48. The average molecular weight is 473 g/mol. The minimum Gasteiger partial charge on any atom is -0.489 e. The molecule has 1 aromatic heterocycles. The van der Waals surface area contributed by atoms with Gasteiger partial charge in [0.15, 0.2) is 0 Å².